The van der Waals surface area contributed by atoms with E-state index in [2.05, 4.69) is 0 Å². The lowest BCUT2D eigenvalue weighted by molar-refractivity contribution is -0.384. The van der Waals surface area contributed by atoms with Gasteiger partial charge >= 0.3 is 5.97 Å². The zero-order chi connectivity index (χ0) is 22.7. The first kappa shape index (κ1) is 21.7. The van der Waals surface area contributed by atoms with E-state index in [1.165, 1.54) is 24.3 Å². The second-order valence-corrected chi connectivity index (χ2v) is 7.61. The van der Waals surface area contributed by atoms with Gasteiger partial charge in [0.2, 0.25) is 0 Å². The van der Waals surface area contributed by atoms with Gasteiger partial charge in [0.05, 0.1) is 15.5 Å². The summed E-state index contributed by atoms with van der Waals surface area (Å²) in [6, 6.07) is 9.19. The van der Waals surface area contributed by atoms with Crippen molar-refractivity contribution >= 4 is 34.9 Å². The highest BCUT2D eigenvalue weighted by atomic mass is 35.5. The Morgan fingerprint density at radius 2 is 1.75 bits per heavy atom. The van der Waals surface area contributed by atoms with Crippen LogP contribution in [0.2, 0.25) is 5.02 Å². The van der Waals surface area contributed by atoms with E-state index in [-0.39, 0.29) is 28.8 Å². The SMILES string of the molecule is O=C(OCC(=O)N1CCN(c2ccc([N+](=O)[O-])cc2)CC1)c1cc(Cl)c2c(c1)OCCO2. The Bertz CT molecular complexity index is 1040. The highest BCUT2D eigenvalue weighted by Crippen LogP contribution is 2.38. The molecular formula is C21H20ClN3O7. The lowest BCUT2D eigenvalue weighted by Crippen LogP contribution is -2.49. The van der Waals surface area contributed by atoms with Gasteiger partial charge in [-0.15, -0.1) is 0 Å². The van der Waals surface area contributed by atoms with Crippen LogP contribution in [0.4, 0.5) is 11.4 Å². The number of nitrogens with zero attached hydrogens (tertiary/aromatic N) is 3. The summed E-state index contributed by atoms with van der Waals surface area (Å²) in [6.07, 6.45) is 0. The van der Waals surface area contributed by atoms with Gasteiger partial charge in [-0.3, -0.25) is 14.9 Å². The van der Waals surface area contributed by atoms with E-state index in [0.717, 1.165) is 5.69 Å². The number of nitro benzene ring substituents is 1. The van der Waals surface area contributed by atoms with E-state index in [1.807, 2.05) is 4.90 Å². The van der Waals surface area contributed by atoms with Crippen LogP contribution in [0.3, 0.4) is 0 Å². The largest absolute Gasteiger partial charge is 0.486 e. The zero-order valence-electron chi connectivity index (χ0n) is 17.0. The molecule has 1 saturated heterocycles. The van der Waals surface area contributed by atoms with Crippen molar-refractivity contribution < 1.29 is 28.7 Å². The molecule has 0 radical (unpaired) electrons. The third-order valence-electron chi connectivity index (χ3n) is 5.22. The maximum absolute atomic E-state index is 12.5. The molecule has 0 saturated carbocycles. The van der Waals surface area contributed by atoms with Crippen molar-refractivity contribution in [1.29, 1.82) is 0 Å². The summed E-state index contributed by atoms with van der Waals surface area (Å²) in [5, 5.41) is 11.0. The van der Waals surface area contributed by atoms with Crippen molar-refractivity contribution in [1.82, 2.24) is 4.90 Å². The fraction of sp³-hybridized carbons (Fsp3) is 0.333. The number of amides is 1. The van der Waals surface area contributed by atoms with Crippen LogP contribution in [0.1, 0.15) is 10.4 Å². The molecular weight excluding hydrogens is 442 g/mol. The fourth-order valence-corrected chi connectivity index (χ4v) is 3.80. The van der Waals surface area contributed by atoms with Crippen LogP contribution in [0, 0.1) is 10.1 Å². The van der Waals surface area contributed by atoms with E-state index >= 15 is 0 Å². The highest BCUT2D eigenvalue weighted by Gasteiger charge is 2.24. The van der Waals surface area contributed by atoms with E-state index in [0.29, 0.717) is 50.9 Å². The summed E-state index contributed by atoms with van der Waals surface area (Å²) in [7, 11) is 0. The third-order valence-corrected chi connectivity index (χ3v) is 5.50. The van der Waals surface area contributed by atoms with Crippen molar-refractivity contribution in [2.45, 2.75) is 0 Å². The minimum Gasteiger partial charge on any atom is -0.486 e. The Morgan fingerprint density at radius 1 is 1.06 bits per heavy atom. The number of piperazine rings is 1. The van der Waals surface area contributed by atoms with Crippen molar-refractivity contribution in [3.63, 3.8) is 0 Å². The molecule has 0 N–H and O–H groups in total. The standard InChI is InChI=1S/C21H20ClN3O7/c22-17-11-14(12-18-20(17)31-10-9-30-18)21(27)32-13-19(26)24-7-5-23(6-8-24)15-1-3-16(4-2-15)25(28)29/h1-4,11-12H,5-10,13H2. The molecule has 0 bridgehead atoms. The number of ether oxygens (including phenoxy) is 3. The van der Waals surface area contributed by atoms with Gasteiger partial charge in [-0.2, -0.15) is 0 Å². The number of rotatable bonds is 5. The molecule has 168 valence electrons. The molecule has 1 amide bonds. The minimum absolute atomic E-state index is 0.0312. The molecule has 10 nitrogen and oxygen atoms in total. The van der Waals surface area contributed by atoms with Gasteiger partial charge in [-0.25, -0.2) is 4.79 Å². The summed E-state index contributed by atoms with van der Waals surface area (Å²) < 4.78 is 16.0. The number of benzene rings is 2. The molecule has 2 aliphatic rings. The number of carbonyl (C=O) groups is 2. The molecule has 0 aliphatic carbocycles. The Kier molecular flexibility index (Phi) is 6.31. The second-order valence-electron chi connectivity index (χ2n) is 7.20. The number of hydrogen-bond acceptors (Lipinski definition) is 8. The molecule has 2 aromatic rings. The van der Waals surface area contributed by atoms with Crippen molar-refractivity contribution in [3.05, 3.63) is 57.1 Å². The average molecular weight is 462 g/mol. The smallest absolute Gasteiger partial charge is 0.338 e. The molecule has 0 spiro atoms. The summed E-state index contributed by atoms with van der Waals surface area (Å²) in [5.74, 6) is -0.229. The number of fused-ring (bicyclic) bond motifs is 1. The molecule has 2 aliphatic heterocycles. The maximum Gasteiger partial charge on any atom is 0.338 e. The number of halogens is 1. The van der Waals surface area contributed by atoms with E-state index in [4.69, 9.17) is 25.8 Å². The number of anilines is 1. The van der Waals surface area contributed by atoms with Gasteiger partial charge in [0.25, 0.3) is 11.6 Å². The monoisotopic (exact) mass is 461 g/mol. The first-order valence-electron chi connectivity index (χ1n) is 9.96. The molecule has 0 unspecified atom stereocenters. The normalized spacial score (nSPS) is 15.3. The van der Waals surface area contributed by atoms with Gasteiger partial charge in [0.15, 0.2) is 18.1 Å². The van der Waals surface area contributed by atoms with E-state index < -0.39 is 10.9 Å². The molecule has 1 fully saturated rings. The van der Waals surface area contributed by atoms with Gasteiger partial charge < -0.3 is 24.0 Å². The third kappa shape index (κ3) is 4.70. The molecule has 32 heavy (non-hydrogen) atoms. The fourth-order valence-electron chi connectivity index (χ4n) is 3.53. The first-order valence-corrected chi connectivity index (χ1v) is 10.3. The average Bonchev–Trinajstić information content (AvgIpc) is 2.82. The quantitative estimate of drug-likeness (QED) is 0.379. The first-order chi connectivity index (χ1) is 15.4. The predicted octanol–water partition coefficient (Wildman–Crippen LogP) is 2.53. The van der Waals surface area contributed by atoms with Crippen LogP contribution in [-0.4, -0.2) is 67.7 Å². The number of hydrogen-bond donors (Lipinski definition) is 0. The van der Waals surface area contributed by atoms with E-state index in [9.17, 15) is 19.7 Å². The number of non-ortho nitro benzene ring substituents is 1. The molecule has 2 aromatic carbocycles. The summed E-state index contributed by atoms with van der Waals surface area (Å²) in [6.45, 7) is 2.37. The molecule has 2 heterocycles. The van der Waals surface area contributed by atoms with E-state index in [1.54, 1.807) is 17.0 Å². The zero-order valence-corrected chi connectivity index (χ0v) is 17.7. The van der Waals surface area contributed by atoms with Crippen molar-refractivity contribution in [2.75, 3.05) is 50.9 Å². The van der Waals surface area contributed by atoms with Crippen molar-refractivity contribution in [3.8, 4) is 11.5 Å². The van der Waals surface area contributed by atoms with Crippen LogP contribution < -0.4 is 14.4 Å². The maximum atomic E-state index is 12.5. The van der Waals surface area contributed by atoms with Crippen LogP contribution >= 0.6 is 11.6 Å². The van der Waals surface area contributed by atoms with Crippen LogP contribution in [-0.2, 0) is 9.53 Å². The van der Waals surface area contributed by atoms with Crippen LogP contribution in [0.25, 0.3) is 0 Å². The topological polar surface area (TPSA) is 111 Å². The molecule has 11 heteroatoms. The Hall–Kier alpha value is -3.53. The summed E-state index contributed by atoms with van der Waals surface area (Å²) in [5.41, 5.74) is 1.06. The Balaban J connectivity index is 1.28. The lowest BCUT2D eigenvalue weighted by Gasteiger charge is -2.36. The predicted molar refractivity (Wildman–Crippen MR) is 115 cm³/mol. The number of esters is 1. The molecule has 0 aromatic heterocycles. The molecule has 4 rings (SSSR count). The highest BCUT2D eigenvalue weighted by molar-refractivity contribution is 6.32. The molecule has 0 atom stereocenters. The van der Waals surface area contributed by atoms with Gasteiger partial charge in [0.1, 0.15) is 13.2 Å². The van der Waals surface area contributed by atoms with Crippen LogP contribution in [0.5, 0.6) is 11.5 Å². The lowest BCUT2D eigenvalue weighted by atomic mass is 10.2. The van der Waals surface area contributed by atoms with Gasteiger partial charge in [-0.05, 0) is 24.3 Å². The Morgan fingerprint density at radius 3 is 2.44 bits per heavy atom. The second kappa shape index (κ2) is 9.31. The number of carbonyl (C=O) groups excluding carboxylic acids is 2. The van der Waals surface area contributed by atoms with Crippen LogP contribution in [0.15, 0.2) is 36.4 Å². The Labute approximate surface area is 188 Å². The van der Waals surface area contributed by atoms with Gasteiger partial charge in [-0.1, -0.05) is 11.6 Å². The van der Waals surface area contributed by atoms with Crippen molar-refractivity contribution in [2.24, 2.45) is 0 Å². The summed E-state index contributed by atoms with van der Waals surface area (Å²) in [4.78, 5) is 38.9. The van der Waals surface area contributed by atoms with Gasteiger partial charge in [0, 0.05) is 44.0 Å². The minimum atomic E-state index is -0.679. The number of nitro groups is 1. The summed E-state index contributed by atoms with van der Waals surface area (Å²) >= 11 is 6.14.